The van der Waals surface area contributed by atoms with Crippen LogP contribution in [0.5, 0.6) is 5.75 Å². The molecular formula is C18H21F3N2O3S. The Morgan fingerprint density at radius 2 is 2.19 bits per heavy atom. The summed E-state index contributed by atoms with van der Waals surface area (Å²) in [6.07, 6.45) is 2.34. The largest absolute Gasteiger partial charge is 0.490 e. The lowest BCUT2D eigenvalue weighted by atomic mass is 9.83. The van der Waals surface area contributed by atoms with Gasteiger partial charge in [0, 0.05) is 13.0 Å². The second-order valence-corrected chi connectivity index (χ2v) is 7.92. The fourth-order valence-corrected chi connectivity index (χ4v) is 3.77. The number of halogens is 3. The zero-order valence-electron chi connectivity index (χ0n) is 15.0. The van der Waals surface area contributed by atoms with Gasteiger partial charge >= 0.3 is 0 Å². The van der Waals surface area contributed by atoms with E-state index in [0.717, 1.165) is 19.8 Å². The molecule has 1 aliphatic carbocycles. The predicted octanol–water partition coefficient (Wildman–Crippen LogP) is 3.86. The first kappa shape index (κ1) is 19.9. The summed E-state index contributed by atoms with van der Waals surface area (Å²) in [6, 6.07) is 2.88. The first-order valence-corrected chi connectivity index (χ1v) is 9.51. The van der Waals surface area contributed by atoms with Gasteiger partial charge in [0.2, 0.25) is 6.41 Å². The van der Waals surface area contributed by atoms with Crippen LogP contribution in [0.15, 0.2) is 12.1 Å². The number of nitrogens with zero attached hydrogens (tertiary/aromatic N) is 1. The van der Waals surface area contributed by atoms with Crippen LogP contribution in [0.2, 0.25) is 0 Å². The molecule has 1 aromatic carbocycles. The SMILES string of the molecule is C[C@@H](COC1CC(COc2ccc3nc(C(C)(F)F)sc3c2F)C1)NC=O. The summed E-state index contributed by atoms with van der Waals surface area (Å²) in [5, 5.41) is 2.20. The van der Waals surface area contributed by atoms with Gasteiger partial charge in [-0.2, -0.15) is 8.78 Å². The molecule has 0 radical (unpaired) electrons. The van der Waals surface area contributed by atoms with E-state index in [1.165, 1.54) is 12.1 Å². The molecule has 9 heteroatoms. The van der Waals surface area contributed by atoms with E-state index >= 15 is 0 Å². The number of thiazole rings is 1. The Morgan fingerprint density at radius 3 is 2.85 bits per heavy atom. The molecule has 1 aromatic heterocycles. The van der Waals surface area contributed by atoms with Crippen molar-refractivity contribution < 1.29 is 27.4 Å². The summed E-state index contributed by atoms with van der Waals surface area (Å²) in [5.41, 5.74) is 0.205. The Labute approximate surface area is 158 Å². The molecule has 27 heavy (non-hydrogen) atoms. The van der Waals surface area contributed by atoms with E-state index in [0.29, 0.717) is 31.0 Å². The number of rotatable bonds is 9. The van der Waals surface area contributed by atoms with Crippen molar-refractivity contribution in [1.29, 1.82) is 0 Å². The topological polar surface area (TPSA) is 60.5 Å². The summed E-state index contributed by atoms with van der Waals surface area (Å²) in [5.74, 6) is -3.46. The lowest BCUT2D eigenvalue weighted by Gasteiger charge is -2.35. The van der Waals surface area contributed by atoms with Crippen LogP contribution in [0.3, 0.4) is 0 Å². The molecular weight excluding hydrogens is 381 g/mol. The van der Waals surface area contributed by atoms with Crippen LogP contribution in [-0.4, -0.2) is 36.8 Å². The number of aromatic nitrogens is 1. The number of hydrogen-bond acceptors (Lipinski definition) is 5. The van der Waals surface area contributed by atoms with Crippen LogP contribution in [0.1, 0.15) is 31.7 Å². The average molecular weight is 402 g/mol. The molecule has 0 aliphatic heterocycles. The normalized spacial score (nSPS) is 20.9. The maximum absolute atomic E-state index is 14.5. The fourth-order valence-electron chi connectivity index (χ4n) is 2.84. The number of hydrogen-bond donors (Lipinski definition) is 1. The quantitative estimate of drug-likeness (QED) is 0.647. The monoisotopic (exact) mass is 402 g/mol. The maximum atomic E-state index is 14.5. The highest BCUT2D eigenvalue weighted by Gasteiger charge is 2.32. The summed E-state index contributed by atoms with van der Waals surface area (Å²) < 4.78 is 52.6. The van der Waals surface area contributed by atoms with Gasteiger partial charge in [-0.3, -0.25) is 4.79 Å². The highest BCUT2D eigenvalue weighted by atomic mass is 32.1. The molecule has 5 nitrogen and oxygen atoms in total. The molecule has 2 aromatic rings. The third kappa shape index (κ3) is 4.70. The number of amides is 1. The van der Waals surface area contributed by atoms with Gasteiger partial charge < -0.3 is 14.8 Å². The van der Waals surface area contributed by atoms with Crippen LogP contribution in [0.4, 0.5) is 13.2 Å². The van der Waals surface area contributed by atoms with E-state index in [-0.39, 0.29) is 34.0 Å². The standard InChI is InChI=1S/C18H21F3N2O3S/c1-10(22-9-24)7-25-12-5-11(6-12)8-26-14-4-3-13-16(15(14)19)27-17(23-13)18(2,20)21/h3-4,9-12H,5-8H2,1-2H3,(H,22,24)/t10-,11?,12?/m0/s1. The Balaban J connectivity index is 1.51. The van der Waals surface area contributed by atoms with Gasteiger partial charge in [0.05, 0.1) is 29.5 Å². The first-order chi connectivity index (χ1) is 12.8. The van der Waals surface area contributed by atoms with Crippen molar-refractivity contribution in [3.8, 4) is 5.75 Å². The van der Waals surface area contributed by atoms with E-state index in [1.54, 1.807) is 0 Å². The summed E-state index contributed by atoms with van der Waals surface area (Å²) >= 11 is 0.646. The molecule has 148 valence electrons. The van der Waals surface area contributed by atoms with Crippen molar-refractivity contribution in [1.82, 2.24) is 10.3 Å². The second-order valence-electron chi connectivity index (χ2n) is 6.92. The van der Waals surface area contributed by atoms with Gasteiger partial charge in [0.1, 0.15) is 0 Å². The Morgan fingerprint density at radius 1 is 1.44 bits per heavy atom. The number of carbonyl (C=O) groups excluding carboxylic acids is 1. The number of nitrogens with one attached hydrogen (secondary N) is 1. The molecule has 0 bridgehead atoms. The smallest absolute Gasteiger partial charge is 0.296 e. The van der Waals surface area contributed by atoms with Crippen molar-refractivity contribution in [2.75, 3.05) is 13.2 Å². The second kappa shape index (κ2) is 8.02. The van der Waals surface area contributed by atoms with Crippen LogP contribution >= 0.6 is 11.3 Å². The Hall–Kier alpha value is -1.87. The van der Waals surface area contributed by atoms with Crippen molar-refractivity contribution in [3.05, 3.63) is 23.0 Å². The molecule has 1 fully saturated rings. The van der Waals surface area contributed by atoms with Gasteiger partial charge in [0.15, 0.2) is 16.6 Å². The Bertz CT molecular complexity index is 803. The van der Waals surface area contributed by atoms with E-state index in [4.69, 9.17) is 9.47 Å². The number of carbonyl (C=O) groups is 1. The number of benzene rings is 1. The van der Waals surface area contributed by atoms with Crippen LogP contribution < -0.4 is 10.1 Å². The zero-order valence-corrected chi connectivity index (χ0v) is 15.8. The highest BCUT2D eigenvalue weighted by Crippen LogP contribution is 2.38. The molecule has 3 rings (SSSR count). The van der Waals surface area contributed by atoms with E-state index in [9.17, 15) is 18.0 Å². The Kier molecular flexibility index (Phi) is 5.90. The molecule has 1 aliphatic rings. The average Bonchev–Trinajstić information content (AvgIpc) is 3.00. The molecule has 1 amide bonds. The van der Waals surface area contributed by atoms with Crippen molar-refractivity contribution in [2.45, 2.75) is 44.8 Å². The van der Waals surface area contributed by atoms with Crippen LogP contribution in [-0.2, 0) is 15.5 Å². The van der Waals surface area contributed by atoms with Gasteiger partial charge in [-0.1, -0.05) is 0 Å². The van der Waals surface area contributed by atoms with Crippen molar-refractivity contribution in [3.63, 3.8) is 0 Å². The van der Waals surface area contributed by atoms with Crippen molar-refractivity contribution >= 4 is 28.0 Å². The first-order valence-electron chi connectivity index (χ1n) is 8.69. The lowest BCUT2D eigenvalue weighted by molar-refractivity contribution is -0.111. The van der Waals surface area contributed by atoms with Gasteiger partial charge in [-0.15, -0.1) is 11.3 Å². The van der Waals surface area contributed by atoms with Gasteiger partial charge in [-0.05, 0) is 37.8 Å². The van der Waals surface area contributed by atoms with E-state index in [1.807, 2.05) is 6.92 Å². The molecule has 0 spiro atoms. The zero-order chi connectivity index (χ0) is 19.6. The summed E-state index contributed by atoms with van der Waals surface area (Å²) in [7, 11) is 0. The third-order valence-electron chi connectivity index (χ3n) is 4.44. The highest BCUT2D eigenvalue weighted by molar-refractivity contribution is 7.18. The molecule has 1 saturated carbocycles. The van der Waals surface area contributed by atoms with Gasteiger partial charge in [-0.25, -0.2) is 9.37 Å². The maximum Gasteiger partial charge on any atom is 0.296 e. The summed E-state index contributed by atoms with van der Waals surface area (Å²) in [4.78, 5) is 14.1. The molecule has 1 atom stereocenters. The van der Waals surface area contributed by atoms with Crippen molar-refractivity contribution in [2.24, 2.45) is 5.92 Å². The van der Waals surface area contributed by atoms with Crippen LogP contribution in [0, 0.1) is 11.7 Å². The van der Waals surface area contributed by atoms with E-state index < -0.39 is 16.7 Å². The molecule has 1 heterocycles. The number of alkyl halides is 2. The molecule has 1 N–H and O–H groups in total. The lowest BCUT2D eigenvalue weighted by Crippen LogP contribution is -2.38. The molecule has 0 unspecified atom stereocenters. The molecule has 0 saturated heterocycles. The van der Waals surface area contributed by atoms with Gasteiger partial charge in [0.25, 0.3) is 5.92 Å². The fraction of sp³-hybridized carbons (Fsp3) is 0.556. The third-order valence-corrected chi connectivity index (χ3v) is 5.67. The minimum Gasteiger partial charge on any atom is -0.490 e. The predicted molar refractivity (Wildman–Crippen MR) is 95.8 cm³/mol. The minimum absolute atomic E-state index is 0.0431. The summed E-state index contributed by atoms with van der Waals surface area (Å²) in [6.45, 7) is 3.37. The number of ether oxygens (including phenoxy) is 2. The van der Waals surface area contributed by atoms with E-state index in [2.05, 4.69) is 10.3 Å². The van der Waals surface area contributed by atoms with Crippen LogP contribution in [0.25, 0.3) is 10.2 Å². The number of fused-ring (bicyclic) bond motifs is 1. The minimum atomic E-state index is -3.10.